The molecule has 1 N–H and O–H groups in total. The van der Waals surface area contributed by atoms with Crippen LogP contribution >= 0.6 is 15.9 Å². The molecule has 104 valence electrons. The van der Waals surface area contributed by atoms with Crippen molar-refractivity contribution in [3.63, 3.8) is 0 Å². The zero-order chi connectivity index (χ0) is 13.8. The Morgan fingerprint density at radius 1 is 1.58 bits per heavy atom. The van der Waals surface area contributed by atoms with E-state index in [1.54, 1.807) is 0 Å². The smallest absolute Gasteiger partial charge is 0.320 e. The summed E-state index contributed by atoms with van der Waals surface area (Å²) < 4.78 is 6.79. The van der Waals surface area contributed by atoms with Gasteiger partial charge in [-0.1, -0.05) is 41.1 Å². The van der Waals surface area contributed by atoms with Crippen LogP contribution in [0, 0.1) is 0 Å². The number of aliphatic carboxylic acids is 1. The molecule has 0 radical (unpaired) electrons. The van der Waals surface area contributed by atoms with Crippen molar-refractivity contribution in [2.24, 2.45) is 0 Å². The molecular weight excluding hydrogens is 310 g/mol. The lowest BCUT2D eigenvalue weighted by Crippen LogP contribution is -2.48. The molecule has 4 nitrogen and oxygen atoms in total. The van der Waals surface area contributed by atoms with E-state index in [9.17, 15) is 9.90 Å². The Kier molecular flexibility index (Phi) is 4.96. The van der Waals surface area contributed by atoms with E-state index in [0.717, 1.165) is 10.0 Å². The number of ether oxygens (including phenoxy) is 1. The van der Waals surface area contributed by atoms with Crippen molar-refractivity contribution in [1.82, 2.24) is 4.90 Å². The molecule has 0 unspecified atom stereocenters. The predicted octanol–water partition coefficient (Wildman–Crippen LogP) is 2.69. The van der Waals surface area contributed by atoms with E-state index in [0.29, 0.717) is 26.1 Å². The third-order valence-electron chi connectivity index (χ3n) is 3.46. The molecule has 2 atom stereocenters. The Labute approximate surface area is 121 Å². The number of benzene rings is 1. The molecule has 5 heteroatoms. The summed E-state index contributed by atoms with van der Waals surface area (Å²) in [6.07, 6.45) is 0.538. The van der Waals surface area contributed by atoms with E-state index in [2.05, 4.69) is 15.9 Å². The first-order valence-corrected chi connectivity index (χ1v) is 7.25. The Morgan fingerprint density at radius 2 is 2.32 bits per heavy atom. The number of carbonyl (C=O) groups is 1. The van der Waals surface area contributed by atoms with Crippen molar-refractivity contribution in [3.05, 3.63) is 34.3 Å². The summed E-state index contributed by atoms with van der Waals surface area (Å²) in [5.41, 5.74) is 1.08. The second kappa shape index (κ2) is 6.50. The van der Waals surface area contributed by atoms with Crippen molar-refractivity contribution in [1.29, 1.82) is 0 Å². The quantitative estimate of drug-likeness (QED) is 0.923. The van der Waals surface area contributed by atoms with Gasteiger partial charge in [0.2, 0.25) is 0 Å². The average molecular weight is 328 g/mol. The van der Waals surface area contributed by atoms with Crippen LogP contribution < -0.4 is 0 Å². The number of carboxylic acids is 1. The van der Waals surface area contributed by atoms with Crippen LogP contribution in [0.4, 0.5) is 0 Å². The number of morpholine rings is 1. The van der Waals surface area contributed by atoms with Crippen LogP contribution in [0.2, 0.25) is 0 Å². The van der Waals surface area contributed by atoms with Gasteiger partial charge in [-0.2, -0.15) is 0 Å². The summed E-state index contributed by atoms with van der Waals surface area (Å²) in [4.78, 5) is 13.2. The molecule has 0 aromatic heterocycles. The molecule has 0 spiro atoms. The zero-order valence-corrected chi connectivity index (χ0v) is 12.5. The molecule has 0 amide bonds. The molecule has 19 heavy (non-hydrogen) atoms. The Balaban J connectivity index is 2.13. The summed E-state index contributed by atoms with van der Waals surface area (Å²) >= 11 is 3.52. The molecule has 1 heterocycles. The molecule has 0 bridgehead atoms. The maximum Gasteiger partial charge on any atom is 0.320 e. The van der Waals surface area contributed by atoms with Gasteiger partial charge >= 0.3 is 5.97 Å². The summed E-state index contributed by atoms with van der Waals surface area (Å²) in [6, 6.07) is 7.50. The molecule has 0 aliphatic carbocycles. The van der Waals surface area contributed by atoms with Crippen molar-refractivity contribution < 1.29 is 14.6 Å². The maximum absolute atomic E-state index is 11.2. The number of hydrogen-bond acceptors (Lipinski definition) is 3. The van der Waals surface area contributed by atoms with Crippen molar-refractivity contribution in [2.75, 3.05) is 19.7 Å². The van der Waals surface area contributed by atoms with Gasteiger partial charge in [0.05, 0.1) is 12.7 Å². The number of carboxylic acid groups (broad SMARTS) is 1. The first-order valence-electron chi connectivity index (χ1n) is 6.46. The van der Waals surface area contributed by atoms with Gasteiger partial charge in [0.25, 0.3) is 0 Å². The fourth-order valence-electron chi connectivity index (χ4n) is 2.47. The molecule has 0 saturated carbocycles. The number of rotatable bonds is 4. The summed E-state index contributed by atoms with van der Waals surface area (Å²) in [5.74, 6) is -0.754. The van der Waals surface area contributed by atoms with Gasteiger partial charge in [-0.25, -0.2) is 0 Å². The minimum absolute atomic E-state index is 0.0716. The van der Waals surface area contributed by atoms with E-state index >= 15 is 0 Å². The average Bonchev–Trinajstić information content (AvgIpc) is 2.40. The zero-order valence-electron chi connectivity index (χ0n) is 10.9. The lowest BCUT2D eigenvalue weighted by Gasteiger charge is -2.36. The topological polar surface area (TPSA) is 49.8 Å². The second-order valence-corrected chi connectivity index (χ2v) is 5.49. The SMILES string of the molecule is CC[C@H](C(=O)O)N1CCO[C@@H](c2ccccc2Br)C1. The second-order valence-electron chi connectivity index (χ2n) is 4.64. The monoisotopic (exact) mass is 327 g/mol. The Hall–Kier alpha value is -0.910. The van der Waals surface area contributed by atoms with Crippen molar-refractivity contribution in [2.45, 2.75) is 25.5 Å². The summed E-state index contributed by atoms with van der Waals surface area (Å²) in [5, 5.41) is 9.25. The van der Waals surface area contributed by atoms with Crippen LogP contribution in [0.3, 0.4) is 0 Å². The van der Waals surface area contributed by atoms with Crippen LogP contribution in [0.25, 0.3) is 0 Å². The largest absolute Gasteiger partial charge is 0.480 e. The van der Waals surface area contributed by atoms with E-state index < -0.39 is 12.0 Å². The standard InChI is InChI=1S/C14H18BrNO3/c1-2-12(14(17)18)16-7-8-19-13(9-16)10-5-3-4-6-11(10)15/h3-6,12-13H,2,7-9H2,1H3,(H,17,18)/t12-,13-/m1/s1. The lowest BCUT2D eigenvalue weighted by molar-refractivity contribution is -0.147. The van der Waals surface area contributed by atoms with Crippen LogP contribution in [-0.4, -0.2) is 41.7 Å². The van der Waals surface area contributed by atoms with E-state index in [1.165, 1.54) is 0 Å². The highest BCUT2D eigenvalue weighted by Gasteiger charge is 2.30. The minimum atomic E-state index is -0.754. The van der Waals surface area contributed by atoms with Crippen LogP contribution in [0.5, 0.6) is 0 Å². The van der Waals surface area contributed by atoms with Gasteiger partial charge in [-0.05, 0) is 18.1 Å². The van der Waals surface area contributed by atoms with Crippen molar-refractivity contribution in [3.8, 4) is 0 Å². The van der Waals surface area contributed by atoms with Crippen LogP contribution in [-0.2, 0) is 9.53 Å². The molecule has 1 aromatic carbocycles. The van der Waals surface area contributed by atoms with Gasteiger partial charge in [-0.3, -0.25) is 9.69 Å². The van der Waals surface area contributed by atoms with Gasteiger partial charge in [0, 0.05) is 17.6 Å². The summed E-state index contributed by atoms with van der Waals surface area (Å²) in [7, 11) is 0. The van der Waals surface area contributed by atoms with Crippen LogP contribution in [0.1, 0.15) is 25.0 Å². The predicted molar refractivity (Wildman–Crippen MR) is 76.1 cm³/mol. The van der Waals surface area contributed by atoms with Gasteiger partial charge < -0.3 is 9.84 Å². The summed E-state index contributed by atoms with van der Waals surface area (Å²) in [6.45, 7) is 3.76. The highest BCUT2D eigenvalue weighted by molar-refractivity contribution is 9.10. The van der Waals surface area contributed by atoms with Gasteiger partial charge in [0.1, 0.15) is 6.04 Å². The normalized spacial score (nSPS) is 22.1. The third kappa shape index (κ3) is 3.35. The highest BCUT2D eigenvalue weighted by Crippen LogP contribution is 2.29. The highest BCUT2D eigenvalue weighted by atomic mass is 79.9. The van der Waals surface area contributed by atoms with E-state index in [-0.39, 0.29) is 6.10 Å². The molecular formula is C14H18BrNO3. The molecule has 1 aliphatic rings. The Bertz CT molecular complexity index is 452. The number of nitrogens with zero attached hydrogens (tertiary/aromatic N) is 1. The van der Waals surface area contributed by atoms with Gasteiger partial charge in [0.15, 0.2) is 0 Å². The fourth-order valence-corrected chi connectivity index (χ4v) is 3.01. The van der Waals surface area contributed by atoms with Crippen molar-refractivity contribution >= 4 is 21.9 Å². The van der Waals surface area contributed by atoms with E-state index in [4.69, 9.17) is 4.74 Å². The van der Waals surface area contributed by atoms with E-state index in [1.807, 2.05) is 36.1 Å². The molecule has 1 aliphatic heterocycles. The number of halogens is 1. The van der Waals surface area contributed by atoms with Gasteiger partial charge in [-0.15, -0.1) is 0 Å². The fraction of sp³-hybridized carbons (Fsp3) is 0.500. The van der Waals surface area contributed by atoms with Crippen LogP contribution in [0.15, 0.2) is 28.7 Å². The third-order valence-corrected chi connectivity index (χ3v) is 4.18. The molecule has 1 fully saturated rings. The minimum Gasteiger partial charge on any atom is -0.480 e. The Morgan fingerprint density at radius 3 is 2.95 bits per heavy atom. The number of hydrogen-bond donors (Lipinski definition) is 1. The lowest BCUT2D eigenvalue weighted by atomic mass is 10.1. The first-order chi connectivity index (χ1) is 9.13. The molecule has 1 aromatic rings. The first kappa shape index (κ1) is 14.5. The molecule has 1 saturated heterocycles. The molecule has 2 rings (SSSR count). The maximum atomic E-state index is 11.2.